The molecule has 5 rings (SSSR count). The molecule has 1 aromatic carbocycles. The first kappa shape index (κ1) is 18.9. The van der Waals surface area contributed by atoms with Crippen molar-refractivity contribution in [1.29, 1.82) is 0 Å². The molecule has 0 unspecified atom stereocenters. The van der Waals surface area contributed by atoms with Crippen molar-refractivity contribution < 1.29 is 9.21 Å². The molecule has 6 heteroatoms. The van der Waals surface area contributed by atoms with E-state index in [0.29, 0.717) is 24.6 Å². The molecule has 3 aromatic rings. The zero-order chi connectivity index (χ0) is 20.3. The first-order valence-electron chi connectivity index (χ1n) is 10.8. The van der Waals surface area contributed by atoms with E-state index < -0.39 is 0 Å². The Morgan fingerprint density at radius 3 is 2.87 bits per heavy atom. The van der Waals surface area contributed by atoms with Gasteiger partial charge in [-0.2, -0.15) is 0 Å². The molecule has 0 atom stereocenters. The number of aromatic nitrogens is 2. The fraction of sp³-hybridized carbons (Fsp3) is 0.375. The van der Waals surface area contributed by atoms with E-state index in [2.05, 4.69) is 22.4 Å². The van der Waals surface area contributed by atoms with Crippen LogP contribution < -0.4 is 5.32 Å². The van der Waals surface area contributed by atoms with Crippen LogP contribution in [0.2, 0.25) is 0 Å². The Morgan fingerprint density at radius 1 is 1.20 bits per heavy atom. The zero-order valence-corrected chi connectivity index (χ0v) is 17.0. The molecule has 1 aliphatic carbocycles. The zero-order valence-electron chi connectivity index (χ0n) is 17.0. The molecule has 1 N–H and O–H groups in total. The van der Waals surface area contributed by atoms with Crippen LogP contribution in [0.5, 0.6) is 0 Å². The highest BCUT2D eigenvalue weighted by molar-refractivity contribution is 5.99. The maximum absolute atomic E-state index is 13.3. The summed E-state index contributed by atoms with van der Waals surface area (Å²) in [6, 6.07) is 12.2. The second kappa shape index (κ2) is 8.30. The number of pyridine rings is 1. The molecule has 0 saturated heterocycles. The molecular weight excluding hydrogens is 376 g/mol. The van der Waals surface area contributed by atoms with Gasteiger partial charge >= 0.3 is 0 Å². The third-order valence-corrected chi connectivity index (χ3v) is 6.11. The summed E-state index contributed by atoms with van der Waals surface area (Å²) in [5.74, 6) is 2.28. The summed E-state index contributed by atoms with van der Waals surface area (Å²) in [6.07, 6.45) is 8.57. The molecule has 30 heavy (non-hydrogen) atoms. The van der Waals surface area contributed by atoms with Crippen molar-refractivity contribution in [3.63, 3.8) is 0 Å². The maximum Gasteiger partial charge on any atom is 0.257 e. The molecule has 2 aliphatic rings. The van der Waals surface area contributed by atoms with Gasteiger partial charge in [0.05, 0.1) is 17.8 Å². The molecule has 1 amide bonds. The lowest BCUT2D eigenvalue weighted by Gasteiger charge is -2.26. The number of carbonyl (C=O) groups excluding carboxylic acids is 1. The lowest BCUT2D eigenvalue weighted by atomic mass is 9.85. The van der Waals surface area contributed by atoms with Gasteiger partial charge < -0.3 is 14.6 Å². The Kier molecular flexibility index (Phi) is 5.22. The highest BCUT2D eigenvalue weighted by atomic mass is 16.4. The van der Waals surface area contributed by atoms with E-state index >= 15 is 0 Å². The van der Waals surface area contributed by atoms with Crippen molar-refractivity contribution in [2.45, 2.75) is 44.6 Å². The number of fused-ring (bicyclic) bond motifs is 1. The lowest BCUT2D eigenvalue weighted by Crippen LogP contribution is -2.36. The SMILES string of the molecule is O=C(c1cnccc1NCCc1ccccc1)N1CCc2oc(C3CCC3)nc2C1. The van der Waals surface area contributed by atoms with Crippen LogP contribution in [-0.4, -0.2) is 33.9 Å². The first-order chi connectivity index (χ1) is 14.8. The standard InChI is InChI=1S/C24H26N4O2/c29-24(28-14-11-22-21(16-28)27-23(30-22)18-7-4-8-18)19-15-25-12-10-20(19)26-13-9-17-5-2-1-3-6-17/h1-3,5-6,10,12,15,18H,4,7-9,11,13-14,16H2,(H,25,26). The van der Waals surface area contributed by atoms with Gasteiger partial charge in [-0.1, -0.05) is 36.8 Å². The predicted molar refractivity (Wildman–Crippen MR) is 114 cm³/mol. The van der Waals surface area contributed by atoms with Gasteiger partial charge in [-0.15, -0.1) is 0 Å². The monoisotopic (exact) mass is 402 g/mol. The number of nitrogens with zero attached hydrogens (tertiary/aromatic N) is 3. The van der Waals surface area contributed by atoms with Gasteiger partial charge in [0.25, 0.3) is 5.91 Å². The normalized spacial score (nSPS) is 16.1. The minimum absolute atomic E-state index is 0.0100. The smallest absolute Gasteiger partial charge is 0.257 e. The summed E-state index contributed by atoms with van der Waals surface area (Å²) in [7, 11) is 0. The second-order valence-electron chi connectivity index (χ2n) is 8.11. The molecule has 1 fully saturated rings. The van der Waals surface area contributed by atoms with Gasteiger partial charge in [-0.3, -0.25) is 9.78 Å². The Hall–Kier alpha value is -3.15. The summed E-state index contributed by atoms with van der Waals surface area (Å²) in [5, 5.41) is 3.41. The molecule has 6 nitrogen and oxygen atoms in total. The van der Waals surface area contributed by atoms with Crippen molar-refractivity contribution in [3.8, 4) is 0 Å². The van der Waals surface area contributed by atoms with Crippen LogP contribution in [0.25, 0.3) is 0 Å². The van der Waals surface area contributed by atoms with Crippen LogP contribution in [0.15, 0.2) is 53.2 Å². The quantitative estimate of drug-likeness (QED) is 0.669. The fourth-order valence-electron chi connectivity index (χ4n) is 4.10. The van der Waals surface area contributed by atoms with Crippen molar-refractivity contribution in [1.82, 2.24) is 14.9 Å². The number of amides is 1. The topological polar surface area (TPSA) is 71.3 Å². The van der Waals surface area contributed by atoms with E-state index in [0.717, 1.165) is 55.3 Å². The molecule has 1 saturated carbocycles. The van der Waals surface area contributed by atoms with Crippen molar-refractivity contribution in [2.75, 3.05) is 18.4 Å². The number of nitrogens with one attached hydrogen (secondary N) is 1. The minimum atomic E-state index is -0.0100. The predicted octanol–water partition coefficient (Wildman–Crippen LogP) is 4.19. The van der Waals surface area contributed by atoms with E-state index in [-0.39, 0.29) is 5.91 Å². The number of hydrogen-bond acceptors (Lipinski definition) is 5. The number of anilines is 1. The van der Waals surface area contributed by atoms with Crippen molar-refractivity contribution >= 4 is 11.6 Å². The van der Waals surface area contributed by atoms with Crippen molar-refractivity contribution in [2.24, 2.45) is 0 Å². The summed E-state index contributed by atoms with van der Waals surface area (Å²) in [5.41, 5.74) is 3.62. The fourth-order valence-corrected chi connectivity index (χ4v) is 4.10. The van der Waals surface area contributed by atoms with Gasteiger partial charge in [0.2, 0.25) is 0 Å². The lowest BCUT2D eigenvalue weighted by molar-refractivity contribution is 0.0728. The van der Waals surface area contributed by atoms with Gasteiger partial charge in [0, 0.05) is 37.8 Å². The number of carbonyl (C=O) groups is 1. The van der Waals surface area contributed by atoms with Crippen LogP contribution in [-0.2, 0) is 19.4 Å². The van der Waals surface area contributed by atoms with Crippen LogP contribution in [0.4, 0.5) is 5.69 Å². The Balaban J connectivity index is 1.26. The molecular formula is C24H26N4O2. The summed E-state index contributed by atoms with van der Waals surface area (Å²) < 4.78 is 5.99. The van der Waals surface area contributed by atoms with E-state index in [4.69, 9.17) is 9.40 Å². The first-order valence-corrected chi connectivity index (χ1v) is 10.8. The van der Waals surface area contributed by atoms with E-state index in [1.165, 1.54) is 12.0 Å². The average Bonchev–Trinajstić information content (AvgIpc) is 3.15. The van der Waals surface area contributed by atoms with E-state index in [1.54, 1.807) is 12.4 Å². The number of benzene rings is 1. The number of rotatable bonds is 6. The molecule has 0 radical (unpaired) electrons. The molecule has 3 heterocycles. The average molecular weight is 402 g/mol. The Labute approximate surface area is 176 Å². The largest absolute Gasteiger partial charge is 0.445 e. The van der Waals surface area contributed by atoms with E-state index in [9.17, 15) is 4.79 Å². The third kappa shape index (κ3) is 3.82. The summed E-state index contributed by atoms with van der Waals surface area (Å²) >= 11 is 0. The molecule has 0 bridgehead atoms. The van der Waals surface area contributed by atoms with Crippen molar-refractivity contribution in [3.05, 3.63) is 77.3 Å². The Morgan fingerprint density at radius 2 is 2.07 bits per heavy atom. The highest BCUT2D eigenvalue weighted by Gasteiger charge is 2.31. The van der Waals surface area contributed by atoms with Gasteiger partial charge in [0.1, 0.15) is 11.5 Å². The second-order valence-corrected chi connectivity index (χ2v) is 8.11. The highest BCUT2D eigenvalue weighted by Crippen LogP contribution is 2.37. The molecule has 0 spiro atoms. The molecule has 154 valence electrons. The number of oxazole rings is 1. The van der Waals surface area contributed by atoms with Gasteiger partial charge in [-0.05, 0) is 30.9 Å². The van der Waals surface area contributed by atoms with Crippen LogP contribution in [0, 0.1) is 0 Å². The van der Waals surface area contributed by atoms with E-state index in [1.807, 2.05) is 29.2 Å². The minimum Gasteiger partial charge on any atom is -0.445 e. The van der Waals surface area contributed by atoms with Crippen LogP contribution >= 0.6 is 0 Å². The van der Waals surface area contributed by atoms with Gasteiger partial charge in [0.15, 0.2) is 5.89 Å². The summed E-state index contributed by atoms with van der Waals surface area (Å²) in [6.45, 7) is 1.90. The maximum atomic E-state index is 13.3. The molecule has 2 aromatic heterocycles. The van der Waals surface area contributed by atoms with Crippen LogP contribution in [0.3, 0.4) is 0 Å². The third-order valence-electron chi connectivity index (χ3n) is 6.11. The van der Waals surface area contributed by atoms with Gasteiger partial charge in [-0.25, -0.2) is 4.98 Å². The Bertz CT molecular complexity index is 1030. The number of hydrogen-bond donors (Lipinski definition) is 1. The summed E-state index contributed by atoms with van der Waals surface area (Å²) in [4.78, 5) is 24.0. The van der Waals surface area contributed by atoms with Crippen LogP contribution in [0.1, 0.15) is 58.4 Å². The molecule has 1 aliphatic heterocycles.